The van der Waals surface area contributed by atoms with Crippen LogP contribution in [0.4, 0.5) is 0 Å². The predicted molar refractivity (Wildman–Crippen MR) is 141 cm³/mol. The number of pyridine rings is 1. The van der Waals surface area contributed by atoms with Crippen LogP contribution in [0, 0.1) is 5.41 Å². The summed E-state index contributed by atoms with van der Waals surface area (Å²) in [6.07, 6.45) is 7.34. The Morgan fingerprint density at radius 2 is 2.14 bits per heavy atom. The fourth-order valence-corrected chi connectivity index (χ4v) is 4.94. The van der Waals surface area contributed by atoms with E-state index in [2.05, 4.69) is 45.9 Å². The Bertz CT molecular complexity index is 985. The lowest BCUT2D eigenvalue weighted by Gasteiger charge is -2.26. The number of hydrogen-bond acceptors (Lipinski definition) is 9. The number of allylic oxidation sites excluding steroid dienone is 1. The van der Waals surface area contributed by atoms with E-state index in [-0.39, 0.29) is 5.78 Å². The van der Waals surface area contributed by atoms with Crippen LogP contribution in [0.2, 0.25) is 0 Å². The van der Waals surface area contributed by atoms with E-state index in [4.69, 9.17) is 4.74 Å². The van der Waals surface area contributed by atoms with Crippen molar-refractivity contribution in [3.8, 4) is 11.4 Å². The zero-order valence-corrected chi connectivity index (χ0v) is 22.4. The predicted octanol–water partition coefficient (Wildman–Crippen LogP) is 4.06. The van der Waals surface area contributed by atoms with Gasteiger partial charge in [-0.3, -0.25) is 19.7 Å². The monoisotopic (exact) mass is 519 g/mol. The van der Waals surface area contributed by atoms with Crippen LogP contribution >= 0.6 is 23.5 Å². The van der Waals surface area contributed by atoms with Crippen molar-refractivity contribution in [2.75, 3.05) is 19.5 Å². The van der Waals surface area contributed by atoms with Gasteiger partial charge >= 0.3 is 0 Å². The van der Waals surface area contributed by atoms with Gasteiger partial charge in [0.1, 0.15) is 6.29 Å². The highest BCUT2D eigenvalue weighted by Gasteiger charge is 2.46. The lowest BCUT2D eigenvalue weighted by Crippen LogP contribution is -2.40. The summed E-state index contributed by atoms with van der Waals surface area (Å²) in [6.45, 7) is 11.8. The van der Waals surface area contributed by atoms with Crippen LogP contribution in [0.15, 0.2) is 52.8 Å². The smallest absolute Gasteiger partial charge is 0.208 e. The third kappa shape index (κ3) is 8.44. The molecule has 2 N–H and O–H groups in total. The number of Topliss-reactive ketones (excluding diaryl/α,β-unsaturated/α-hetero) is 1. The van der Waals surface area contributed by atoms with Gasteiger partial charge in [-0.25, -0.2) is 4.98 Å². The molecule has 190 valence electrons. The van der Waals surface area contributed by atoms with Gasteiger partial charge in [-0.15, -0.1) is 11.7 Å². The molecule has 1 aliphatic rings. The Hall–Kier alpha value is -2.76. The van der Waals surface area contributed by atoms with Gasteiger partial charge in [0.2, 0.25) is 11.6 Å². The van der Waals surface area contributed by atoms with E-state index in [1.54, 1.807) is 38.2 Å². The van der Waals surface area contributed by atoms with Crippen LogP contribution < -0.4 is 5.32 Å². The van der Waals surface area contributed by atoms with Crippen molar-refractivity contribution >= 4 is 42.0 Å². The molecule has 2 atom stereocenters. The normalized spacial score (nSPS) is 18.5. The van der Waals surface area contributed by atoms with Crippen molar-refractivity contribution in [2.45, 2.75) is 44.6 Å². The molecule has 11 heteroatoms. The number of carbonyl (C=O) groups is 3. The number of hydrogen-bond donors (Lipinski definition) is 2. The molecule has 1 amide bonds. The van der Waals surface area contributed by atoms with E-state index in [1.807, 2.05) is 12.1 Å². The summed E-state index contributed by atoms with van der Waals surface area (Å²) >= 11 is 2.81. The fraction of sp³-hybridized carbons (Fsp3) is 0.417. The molecular formula is C24H33N5O4S2. The molecule has 2 aromatic heterocycles. The number of thioether (sulfide) groups is 2. The number of ketones is 1. The average molecular weight is 520 g/mol. The highest BCUT2D eigenvalue weighted by atomic mass is 32.2. The molecule has 0 spiro atoms. The van der Waals surface area contributed by atoms with E-state index >= 15 is 0 Å². The van der Waals surface area contributed by atoms with Crippen molar-refractivity contribution in [1.82, 2.24) is 25.5 Å². The maximum atomic E-state index is 11.4. The molecule has 3 rings (SSSR count). The Morgan fingerprint density at radius 3 is 2.60 bits per heavy atom. The third-order valence-electron chi connectivity index (χ3n) is 4.81. The van der Waals surface area contributed by atoms with Crippen molar-refractivity contribution < 1.29 is 19.1 Å². The molecule has 0 aromatic carbocycles. The molecule has 0 bridgehead atoms. The number of ether oxygens (including phenoxy) is 1. The van der Waals surface area contributed by atoms with Crippen molar-refractivity contribution in [2.24, 2.45) is 5.41 Å². The first-order valence-electron chi connectivity index (χ1n) is 11.0. The van der Waals surface area contributed by atoms with E-state index in [1.165, 1.54) is 24.8 Å². The zero-order valence-electron chi connectivity index (χ0n) is 20.7. The summed E-state index contributed by atoms with van der Waals surface area (Å²) in [5, 5.41) is 9.80. The Balaban J connectivity index is 0.000000296. The summed E-state index contributed by atoms with van der Waals surface area (Å²) < 4.78 is 4.69. The molecule has 1 aliphatic heterocycles. The van der Waals surface area contributed by atoms with Gasteiger partial charge in [0.05, 0.1) is 15.7 Å². The number of H-pyrrole nitrogens is 1. The van der Waals surface area contributed by atoms with Crippen LogP contribution in [0.25, 0.3) is 11.4 Å². The molecule has 0 saturated heterocycles. The number of nitrogens with one attached hydrogen (secondary N) is 2. The first kappa shape index (κ1) is 30.3. The first-order valence-corrected chi connectivity index (χ1v) is 12.8. The quantitative estimate of drug-likeness (QED) is 0.271. The number of methoxy groups -OCH3 is 1. The molecule has 2 unspecified atom stereocenters. The Labute approximate surface area is 215 Å². The number of aromatic nitrogens is 4. The van der Waals surface area contributed by atoms with Crippen molar-refractivity contribution in [3.63, 3.8) is 0 Å². The van der Waals surface area contributed by atoms with Crippen LogP contribution in [0.3, 0.4) is 0 Å². The maximum absolute atomic E-state index is 11.4. The van der Waals surface area contributed by atoms with Crippen LogP contribution in [0.1, 0.15) is 34.1 Å². The van der Waals surface area contributed by atoms with Crippen molar-refractivity contribution in [1.29, 1.82) is 0 Å². The standard InChI is InChI=1S/C11H13NO3S.C9H10N4S.C4H10O/c1-4-11(5-13)7(2)9(8(3)15)16-10(11)12-6-14;1-2-14-9-11-8(12-13-9)7-4-3-5-10-6-7;1-3-4-5-2/h4-6,10H,1H2,2-3H3,(H,12,14);3-6H,2H2,1H3,(H,11,12,13);3-4H2,1-2H3. The number of rotatable bonds is 10. The lowest BCUT2D eigenvalue weighted by molar-refractivity contribution is -0.114. The second kappa shape index (κ2) is 16.0. The highest BCUT2D eigenvalue weighted by Crippen LogP contribution is 2.49. The number of aromatic amines is 1. The van der Waals surface area contributed by atoms with Gasteiger partial charge in [-0.1, -0.05) is 43.4 Å². The molecule has 35 heavy (non-hydrogen) atoms. The van der Waals surface area contributed by atoms with E-state index in [0.717, 1.165) is 41.6 Å². The summed E-state index contributed by atoms with van der Waals surface area (Å²) in [6, 6.07) is 3.83. The number of nitrogens with zero attached hydrogens (tertiary/aromatic N) is 3. The zero-order chi connectivity index (χ0) is 26.3. The van der Waals surface area contributed by atoms with Crippen LogP contribution in [-0.2, 0) is 19.1 Å². The molecule has 0 radical (unpaired) electrons. The number of amides is 1. The molecule has 2 aromatic rings. The van der Waals surface area contributed by atoms with Gasteiger partial charge in [0.25, 0.3) is 0 Å². The summed E-state index contributed by atoms with van der Waals surface area (Å²) in [5.74, 6) is 1.64. The topological polar surface area (TPSA) is 127 Å². The summed E-state index contributed by atoms with van der Waals surface area (Å²) in [7, 11) is 1.71. The summed E-state index contributed by atoms with van der Waals surface area (Å²) in [5.41, 5.74) is 0.629. The lowest BCUT2D eigenvalue weighted by atomic mass is 9.81. The Kier molecular flexibility index (Phi) is 13.8. The summed E-state index contributed by atoms with van der Waals surface area (Å²) in [4.78, 5) is 42.0. The second-order valence-corrected chi connectivity index (χ2v) is 9.53. The van der Waals surface area contributed by atoms with Gasteiger partial charge in [-0.05, 0) is 43.7 Å². The van der Waals surface area contributed by atoms with Gasteiger partial charge < -0.3 is 14.8 Å². The largest absolute Gasteiger partial charge is 0.385 e. The molecule has 0 aliphatic carbocycles. The van der Waals surface area contributed by atoms with Gasteiger partial charge in [-0.2, -0.15) is 0 Å². The minimum atomic E-state index is -0.980. The van der Waals surface area contributed by atoms with E-state index in [0.29, 0.717) is 16.9 Å². The molecule has 3 heterocycles. The second-order valence-electron chi connectivity index (χ2n) is 7.18. The van der Waals surface area contributed by atoms with Crippen molar-refractivity contribution in [3.05, 3.63) is 47.7 Å². The van der Waals surface area contributed by atoms with E-state index in [9.17, 15) is 14.4 Å². The number of aldehydes is 1. The van der Waals surface area contributed by atoms with Crippen LogP contribution in [-0.4, -0.2) is 63.5 Å². The molecule has 0 saturated carbocycles. The van der Waals surface area contributed by atoms with Crippen LogP contribution in [0.5, 0.6) is 0 Å². The maximum Gasteiger partial charge on any atom is 0.208 e. The van der Waals surface area contributed by atoms with Gasteiger partial charge in [0, 0.05) is 31.7 Å². The highest BCUT2D eigenvalue weighted by molar-refractivity contribution is 8.05. The Morgan fingerprint density at radius 1 is 1.40 bits per heavy atom. The SMILES string of the molecule is C=CC1(C=O)C(C)=C(C(C)=O)SC1NC=O.CCCOC.CCSc1n[nH]c(-c2cccnc2)n1. The average Bonchev–Trinajstić information content (AvgIpc) is 3.44. The fourth-order valence-electron chi connectivity index (χ4n) is 3.01. The minimum Gasteiger partial charge on any atom is -0.385 e. The molecular weight excluding hydrogens is 486 g/mol. The van der Waals surface area contributed by atoms with E-state index < -0.39 is 10.8 Å². The van der Waals surface area contributed by atoms with Gasteiger partial charge in [0.15, 0.2) is 11.6 Å². The minimum absolute atomic E-state index is 0.106. The molecule has 0 fully saturated rings. The first-order chi connectivity index (χ1) is 16.8. The number of carbonyl (C=O) groups excluding carboxylic acids is 3. The molecule has 9 nitrogen and oxygen atoms in total. The third-order valence-corrected chi connectivity index (χ3v) is 7.13.